The molecule has 1 aromatic heterocycles. The summed E-state index contributed by atoms with van der Waals surface area (Å²) in [6.45, 7) is 5.70. The summed E-state index contributed by atoms with van der Waals surface area (Å²) in [6, 6.07) is 8.77. The Morgan fingerprint density at radius 3 is 2.89 bits per heavy atom. The minimum Gasteiger partial charge on any atom is -0.396 e. The summed E-state index contributed by atoms with van der Waals surface area (Å²) in [4.78, 5) is 6.82. The van der Waals surface area contributed by atoms with Crippen molar-refractivity contribution in [3.05, 3.63) is 30.5 Å². The molecular weight excluding hydrogens is 234 g/mol. The first-order chi connectivity index (χ1) is 9.16. The number of anilines is 2. The molecule has 19 heavy (non-hydrogen) atoms. The van der Waals surface area contributed by atoms with Gasteiger partial charge in [0.05, 0.1) is 16.9 Å². The number of rotatable bonds is 1. The van der Waals surface area contributed by atoms with E-state index in [1.807, 2.05) is 12.3 Å². The highest BCUT2D eigenvalue weighted by Crippen LogP contribution is 2.35. The first-order valence-corrected chi connectivity index (χ1v) is 7.06. The normalized spacial score (nSPS) is 23.8. The van der Waals surface area contributed by atoms with Gasteiger partial charge in [-0.15, -0.1) is 0 Å². The maximum absolute atomic E-state index is 6.38. The van der Waals surface area contributed by atoms with Crippen LogP contribution in [-0.2, 0) is 0 Å². The van der Waals surface area contributed by atoms with Crippen molar-refractivity contribution < 1.29 is 0 Å². The van der Waals surface area contributed by atoms with E-state index in [0.29, 0.717) is 6.04 Å². The number of nitrogen functional groups attached to an aromatic ring is 1. The first kappa shape index (κ1) is 12.3. The van der Waals surface area contributed by atoms with E-state index in [0.717, 1.165) is 29.1 Å². The van der Waals surface area contributed by atoms with Crippen LogP contribution in [0.3, 0.4) is 0 Å². The molecule has 0 spiro atoms. The minimum absolute atomic E-state index is 0.563. The Morgan fingerprint density at radius 2 is 2.05 bits per heavy atom. The van der Waals surface area contributed by atoms with E-state index in [4.69, 9.17) is 5.73 Å². The molecule has 2 aromatic rings. The monoisotopic (exact) mass is 255 g/mol. The summed E-state index contributed by atoms with van der Waals surface area (Å²) >= 11 is 0. The van der Waals surface area contributed by atoms with Gasteiger partial charge in [0.25, 0.3) is 0 Å². The Balaban J connectivity index is 2.07. The quantitative estimate of drug-likeness (QED) is 0.794. The van der Waals surface area contributed by atoms with Crippen LogP contribution >= 0.6 is 0 Å². The zero-order valence-electron chi connectivity index (χ0n) is 11.6. The van der Waals surface area contributed by atoms with Crippen LogP contribution in [0.2, 0.25) is 0 Å². The van der Waals surface area contributed by atoms with Crippen molar-refractivity contribution in [3.8, 4) is 0 Å². The van der Waals surface area contributed by atoms with E-state index in [9.17, 15) is 0 Å². The summed E-state index contributed by atoms with van der Waals surface area (Å²) in [5.74, 6) is 0.736. The second kappa shape index (κ2) is 4.72. The highest BCUT2D eigenvalue weighted by atomic mass is 15.2. The van der Waals surface area contributed by atoms with Gasteiger partial charge in [0.15, 0.2) is 0 Å². The van der Waals surface area contributed by atoms with Gasteiger partial charge >= 0.3 is 0 Å². The SMILES string of the molecule is CC1CCC(C)N(c2ccc3ncccc3c2N)C1. The minimum atomic E-state index is 0.563. The number of fused-ring (bicyclic) bond motifs is 1. The third kappa shape index (κ3) is 2.14. The van der Waals surface area contributed by atoms with Crippen molar-refractivity contribution >= 4 is 22.3 Å². The molecular formula is C16H21N3. The predicted molar refractivity (Wildman–Crippen MR) is 81.4 cm³/mol. The number of hydrogen-bond donors (Lipinski definition) is 1. The van der Waals surface area contributed by atoms with E-state index >= 15 is 0 Å². The van der Waals surface area contributed by atoms with E-state index in [-0.39, 0.29) is 0 Å². The molecule has 1 saturated heterocycles. The summed E-state index contributed by atoms with van der Waals surface area (Å²) in [6.07, 6.45) is 4.37. The second-order valence-corrected chi connectivity index (χ2v) is 5.75. The van der Waals surface area contributed by atoms with Crippen LogP contribution in [0.1, 0.15) is 26.7 Å². The molecule has 1 aliphatic rings. The van der Waals surface area contributed by atoms with Crippen molar-refractivity contribution in [1.29, 1.82) is 0 Å². The van der Waals surface area contributed by atoms with Gasteiger partial charge in [-0.05, 0) is 49.9 Å². The van der Waals surface area contributed by atoms with Gasteiger partial charge in [-0.3, -0.25) is 4.98 Å². The highest BCUT2D eigenvalue weighted by Gasteiger charge is 2.24. The molecule has 3 heteroatoms. The first-order valence-electron chi connectivity index (χ1n) is 7.06. The number of benzene rings is 1. The summed E-state index contributed by atoms with van der Waals surface area (Å²) in [5.41, 5.74) is 9.38. The Morgan fingerprint density at radius 1 is 1.21 bits per heavy atom. The zero-order valence-corrected chi connectivity index (χ0v) is 11.6. The topological polar surface area (TPSA) is 42.2 Å². The lowest BCUT2D eigenvalue weighted by Crippen LogP contribution is -2.41. The van der Waals surface area contributed by atoms with Gasteiger partial charge in [0.2, 0.25) is 0 Å². The third-order valence-electron chi connectivity index (χ3n) is 4.23. The molecule has 2 heterocycles. The number of hydrogen-bond acceptors (Lipinski definition) is 3. The molecule has 3 rings (SSSR count). The molecule has 0 amide bonds. The Kier molecular flexibility index (Phi) is 3.05. The largest absolute Gasteiger partial charge is 0.396 e. The molecule has 0 saturated carbocycles. The molecule has 1 aliphatic heterocycles. The van der Waals surface area contributed by atoms with Gasteiger partial charge in [-0.2, -0.15) is 0 Å². The van der Waals surface area contributed by atoms with E-state index in [1.54, 1.807) is 0 Å². The lowest BCUT2D eigenvalue weighted by atomic mass is 9.94. The van der Waals surface area contributed by atoms with Gasteiger partial charge < -0.3 is 10.6 Å². The number of aromatic nitrogens is 1. The van der Waals surface area contributed by atoms with E-state index < -0.39 is 0 Å². The molecule has 3 nitrogen and oxygen atoms in total. The van der Waals surface area contributed by atoms with Gasteiger partial charge in [-0.25, -0.2) is 0 Å². The Bertz CT molecular complexity index is 594. The fraction of sp³-hybridized carbons (Fsp3) is 0.438. The molecule has 0 bridgehead atoms. The number of nitrogens with two attached hydrogens (primary N) is 1. The van der Waals surface area contributed by atoms with Crippen LogP contribution < -0.4 is 10.6 Å². The second-order valence-electron chi connectivity index (χ2n) is 5.75. The van der Waals surface area contributed by atoms with Crippen molar-refractivity contribution in [2.75, 3.05) is 17.2 Å². The van der Waals surface area contributed by atoms with Crippen LogP contribution in [0, 0.1) is 5.92 Å². The molecule has 1 fully saturated rings. The van der Waals surface area contributed by atoms with Gasteiger partial charge in [0.1, 0.15) is 0 Å². The summed E-state index contributed by atoms with van der Waals surface area (Å²) in [5, 5.41) is 1.06. The Hall–Kier alpha value is -1.77. The highest BCUT2D eigenvalue weighted by molar-refractivity contribution is 5.97. The van der Waals surface area contributed by atoms with Crippen LogP contribution in [0.25, 0.3) is 10.9 Å². The fourth-order valence-electron chi connectivity index (χ4n) is 3.04. The number of pyridine rings is 1. The lowest BCUT2D eigenvalue weighted by molar-refractivity contribution is 0.391. The van der Waals surface area contributed by atoms with Gasteiger partial charge in [0, 0.05) is 24.2 Å². The smallest absolute Gasteiger partial charge is 0.0724 e. The molecule has 100 valence electrons. The van der Waals surface area contributed by atoms with Gasteiger partial charge in [-0.1, -0.05) is 6.92 Å². The fourth-order valence-corrected chi connectivity index (χ4v) is 3.04. The molecule has 1 aromatic carbocycles. The van der Waals surface area contributed by atoms with Crippen molar-refractivity contribution in [2.24, 2.45) is 5.92 Å². The molecule has 2 atom stereocenters. The summed E-state index contributed by atoms with van der Waals surface area (Å²) < 4.78 is 0. The van der Waals surface area contributed by atoms with Crippen molar-refractivity contribution in [1.82, 2.24) is 4.98 Å². The molecule has 2 N–H and O–H groups in total. The Labute approximate surface area is 114 Å². The average Bonchev–Trinajstić information content (AvgIpc) is 2.43. The number of nitrogens with zero attached hydrogens (tertiary/aromatic N) is 2. The third-order valence-corrected chi connectivity index (χ3v) is 4.23. The molecule has 0 aliphatic carbocycles. The maximum Gasteiger partial charge on any atom is 0.0724 e. The average molecular weight is 255 g/mol. The van der Waals surface area contributed by atoms with Crippen LogP contribution in [0.4, 0.5) is 11.4 Å². The van der Waals surface area contributed by atoms with Crippen LogP contribution in [0.5, 0.6) is 0 Å². The van der Waals surface area contributed by atoms with Crippen LogP contribution in [-0.4, -0.2) is 17.6 Å². The van der Waals surface area contributed by atoms with Crippen LogP contribution in [0.15, 0.2) is 30.5 Å². The van der Waals surface area contributed by atoms with E-state index in [2.05, 4.69) is 41.9 Å². The lowest BCUT2D eigenvalue weighted by Gasteiger charge is -2.39. The maximum atomic E-state index is 6.38. The van der Waals surface area contributed by atoms with Crippen molar-refractivity contribution in [2.45, 2.75) is 32.7 Å². The molecule has 0 radical (unpaired) electrons. The van der Waals surface area contributed by atoms with Crippen molar-refractivity contribution in [3.63, 3.8) is 0 Å². The standard InChI is InChI=1S/C16H21N3/c1-11-5-6-12(2)19(10-11)15-8-7-14-13(16(15)17)4-3-9-18-14/h3-4,7-9,11-12H,5-6,10,17H2,1-2H3. The zero-order chi connectivity index (χ0) is 13.4. The van der Waals surface area contributed by atoms with E-state index in [1.165, 1.54) is 18.5 Å². The predicted octanol–water partition coefficient (Wildman–Crippen LogP) is 3.44. The summed E-state index contributed by atoms with van der Waals surface area (Å²) in [7, 11) is 0. The number of piperidine rings is 1. The molecule has 2 unspecified atom stereocenters.